The van der Waals surface area contributed by atoms with Crippen molar-refractivity contribution < 1.29 is 33.0 Å². The quantitative estimate of drug-likeness (QED) is 0.317. The van der Waals surface area contributed by atoms with Gasteiger partial charge in [-0.1, -0.05) is 39.0 Å². The van der Waals surface area contributed by atoms with Crippen molar-refractivity contribution in [3.05, 3.63) is 48.5 Å². The molecule has 2 aromatic heterocycles. The predicted molar refractivity (Wildman–Crippen MR) is 135 cm³/mol. The van der Waals surface area contributed by atoms with Gasteiger partial charge >= 0.3 is 8.25 Å². The molecule has 0 aliphatic carbocycles. The van der Waals surface area contributed by atoms with E-state index in [0.717, 1.165) is 0 Å². The third-order valence-electron chi connectivity index (χ3n) is 6.81. The number of aliphatic hydroxyl groups is 1. The average molecular weight is 548 g/mol. The second-order valence-corrected chi connectivity index (χ2v) is 15.7. The summed E-state index contributed by atoms with van der Waals surface area (Å²) in [5, 5.41) is 12.5. The summed E-state index contributed by atoms with van der Waals surface area (Å²) in [6, 6.07) is 8.68. The van der Waals surface area contributed by atoms with E-state index in [1.165, 1.54) is 12.7 Å². The van der Waals surface area contributed by atoms with Gasteiger partial charge in [0.05, 0.1) is 12.9 Å². The van der Waals surface area contributed by atoms with Crippen LogP contribution in [0.25, 0.3) is 11.2 Å². The number of ether oxygens (including phenoxy) is 1. The number of nitrogens with zero attached hydrogens (tertiary/aromatic N) is 4. The lowest BCUT2D eigenvalue weighted by Gasteiger charge is -2.40. The Labute approximate surface area is 216 Å². The molecule has 5 atom stereocenters. The number of nitrogens with one attached hydrogen (secondary N) is 1. The monoisotopic (exact) mass is 547 g/mol. The molecule has 37 heavy (non-hydrogen) atoms. The molecule has 0 radical (unpaired) electrons. The van der Waals surface area contributed by atoms with Crippen LogP contribution in [-0.4, -0.2) is 63.8 Å². The van der Waals surface area contributed by atoms with Crippen LogP contribution in [0, 0.1) is 0 Å². The Hall–Kier alpha value is -2.64. The molecule has 198 valence electrons. The molecule has 1 amide bonds. The van der Waals surface area contributed by atoms with Gasteiger partial charge in [-0.05, 0) is 34.8 Å². The fraction of sp³-hybridized carbons (Fsp3) is 0.478. The highest BCUT2D eigenvalue weighted by atomic mass is 31.1. The lowest BCUT2D eigenvalue weighted by Crippen LogP contribution is -2.49. The number of benzene rings is 1. The second kappa shape index (κ2) is 10.6. The van der Waals surface area contributed by atoms with Gasteiger partial charge in [-0.15, -0.1) is 4.52 Å². The molecule has 3 aromatic rings. The van der Waals surface area contributed by atoms with Gasteiger partial charge in [-0.3, -0.25) is 9.36 Å². The molecule has 0 spiro atoms. The Bertz CT molecular complexity index is 1280. The van der Waals surface area contributed by atoms with E-state index in [1.807, 2.05) is 19.2 Å². The molecule has 1 aliphatic rings. The van der Waals surface area contributed by atoms with Gasteiger partial charge < -0.3 is 24.5 Å². The zero-order valence-electron chi connectivity index (χ0n) is 21.2. The summed E-state index contributed by atoms with van der Waals surface area (Å²) in [6.45, 7) is 9.73. The highest BCUT2D eigenvalue weighted by Gasteiger charge is 2.54. The summed E-state index contributed by atoms with van der Waals surface area (Å²) in [4.78, 5) is 37.2. The van der Waals surface area contributed by atoms with Gasteiger partial charge in [0, 0.05) is 5.56 Å². The first-order valence-electron chi connectivity index (χ1n) is 11.7. The zero-order chi connectivity index (χ0) is 27.0. The van der Waals surface area contributed by atoms with Crippen LogP contribution < -0.4 is 10.2 Å². The number of imidazole rings is 1. The van der Waals surface area contributed by atoms with Crippen molar-refractivity contribution in [2.24, 2.45) is 0 Å². The first-order chi connectivity index (χ1) is 17.4. The molecule has 3 heterocycles. The molecule has 1 fully saturated rings. The molecule has 14 heteroatoms. The topological polar surface area (TPSA) is 161 Å². The molecular weight excluding hydrogens is 517 g/mol. The lowest BCUT2D eigenvalue weighted by molar-refractivity contribution is -0.193. The lowest BCUT2D eigenvalue weighted by atomic mass is 10.1. The van der Waals surface area contributed by atoms with Crippen molar-refractivity contribution in [1.82, 2.24) is 19.5 Å². The molecule has 12 nitrogen and oxygen atoms in total. The van der Waals surface area contributed by atoms with Crippen molar-refractivity contribution in [3.8, 4) is 0 Å². The van der Waals surface area contributed by atoms with Gasteiger partial charge in [-0.2, -0.15) is 0 Å². The van der Waals surface area contributed by atoms with Crippen LogP contribution in [0.1, 0.15) is 37.4 Å². The summed E-state index contributed by atoms with van der Waals surface area (Å²) in [6.07, 6.45) is -1.11. The number of fused-ring (bicyclic) bond motifs is 1. The van der Waals surface area contributed by atoms with E-state index in [1.54, 1.807) is 28.8 Å². The van der Waals surface area contributed by atoms with Gasteiger partial charge in [0.15, 0.2) is 37.6 Å². The van der Waals surface area contributed by atoms with Gasteiger partial charge in [0.2, 0.25) is 0 Å². The molecule has 1 saturated heterocycles. The second-order valence-electron chi connectivity index (χ2n) is 10.3. The minimum Gasteiger partial charge on any atom is -0.566 e. The molecular formula is C23H30N5O7PSi. The van der Waals surface area contributed by atoms with E-state index >= 15 is 0 Å². The van der Waals surface area contributed by atoms with E-state index in [-0.39, 0.29) is 16.8 Å². The Morgan fingerprint density at radius 3 is 2.54 bits per heavy atom. The molecule has 0 saturated carbocycles. The summed E-state index contributed by atoms with van der Waals surface area (Å²) in [7, 11) is -5.70. The number of anilines is 1. The number of aromatic nitrogens is 4. The SMILES string of the molecule is CC(C)(C)[Si](C)(C)O[C@@H]1[C@H](O[P+](=O)[O-])[C@@H](CO)O[C@H]1n1cnc2c(NC(=O)c3ccccc3)ncnc21. The first-order valence-corrected chi connectivity index (χ1v) is 15.7. The van der Waals surface area contributed by atoms with Crippen molar-refractivity contribution in [1.29, 1.82) is 0 Å². The van der Waals surface area contributed by atoms with E-state index < -0.39 is 47.7 Å². The van der Waals surface area contributed by atoms with Crippen LogP contribution in [0.15, 0.2) is 43.0 Å². The van der Waals surface area contributed by atoms with Gasteiger partial charge in [0.25, 0.3) is 5.91 Å². The molecule has 0 bridgehead atoms. The Morgan fingerprint density at radius 1 is 1.22 bits per heavy atom. The Morgan fingerprint density at radius 2 is 1.92 bits per heavy atom. The predicted octanol–water partition coefficient (Wildman–Crippen LogP) is 2.76. The summed E-state index contributed by atoms with van der Waals surface area (Å²) < 4.78 is 31.0. The Kier molecular flexibility index (Phi) is 7.86. The summed E-state index contributed by atoms with van der Waals surface area (Å²) in [5.41, 5.74) is 1.09. The van der Waals surface area contributed by atoms with Crippen LogP contribution in [0.5, 0.6) is 0 Å². The van der Waals surface area contributed by atoms with Crippen LogP contribution >= 0.6 is 8.25 Å². The number of amides is 1. The summed E-state index contributed by atoms with van der Waals surface area (Å²) >= 11 is 0. The number of carbonyl (C=O) groups excluding carboxylic acids is 1. The molecule has 1 unspecified atom stereocenters. The van der Waals surface area contributed by atoms with E-state index in [4.69, 9.17) is 13.7 Å². The van der Waals surface area contributed by atoms with Crippen molar-refractivity contribution in [2.45, 2.75) is 63.4 Å². The first kappa shape index (κ1) is 27.4. The van der Waals surface area contributed by atoms with E-state index in [9.17, 15) is 19.4 Å². The highest BCUT2D eigenvalue weighted by molar-refractivity contribution is 7.30. The maximum Gasteiger partial charge on any atom is 0.488 e. The molecule has 1 aromatic carbocycles. The maximum absolute atomic E-state index is 12.7. The number of carbonyl (C=O) groups is 1. The Balaban J connectivity index is 1.72. The minimum atomic E-state index is -3.24. The average Bonchev–Trinajstić information content (AvgIpc) is 3.40. The van der Waals surface area contributed by atoms with Crippen molar-refractivity contribution >= 4 is 39.5 Å². The normalized spacial score (nSPS) is 22.8. The fourth-order valence-corrected chi connectivity index (χ4v) is 5.59. The third-order valence-corrected chi connectivity index (χ3v) is 11.7. The number of hydrogen-bond acceptors (Lipinski definition) is 10. The third kappa shape index (κ3) is 5.63. The minimum absolute atomic E-state index is 0.201. The van der Waals surface area contributed by atoms with Gasteiger partial charge in [-0.25, -0.2) is 15.0 Å². The van der Waals surface area contributed by atoms with E-state index in [0.29, 0.717) is 16.7 Å². The largest absolute Gasteiger partial charge is 0.566 e. The van der Waals surface area contributed by atoms with Crippen LogP contribution in [0.3, 0.4) is 0 Å². The maximum atomic E-state index is 12.7. The summed E-state index contributed by atoms with van der Waals surface area (Å²) in [5.74, 6) is -0.161. The number of rotatable bonds is 8. The van der Waals surface area contributed by atoms with E-state index in [2.05, 4.69) is 41.0 Å². The van der Waals surface area contributed by atoms with Crippen molar-refractivity contribution in [2.75, 3.05) is 11.9 Å². The standard InChI is InChI=1S/C23H30N5O7PSi/c1-23(2,3)37(4,5)35-18-17(34-36(31)32)15(11-29)33-22(18)28-13-26-16-19(24-12-25-20(16)28)27-21(30)14-9-7-6-8-10-14/h6-10,12-13,15,17-18,22,29H,11H2,1-5H3,(H,24,25,27,30)/t15-,17-,18-,22-/m1/s1. The number of hydrogen-bond donors (Lipinski definition) is 2. The zero-order valence-corrected chi connectivity index (χ0v) is 23.1. The fourth-order valence-electron chi connectivity index (χ4n) is 3.85. The number of aliphatic hydroxyl groups excluding tert-OH is 1. The van der Waals surface area contributed by atoms with Crippen LogP contribution in [-0.2, 0) is 18.3 Å². The molecule has 2 N–H and O–H groups in total. The molecule has 1 aliphatic heterocycles. The highest BCUT2D eigenvalue weighted by Crippen LogP contribution is 2.44. The van der Waals surface area contributed by atoms with Crippen LogP contribution in [0.4, 0.5) is 5.82 Å². The van der Waals surface area contributed by atoms with Crippen LogP contribution in [0.2, 0.25) is 18.1 Å². The molecule has 4 rings (SSSR count). The van der Waals surface area contributed by atoms with Gasteiger partial charge in [0.1, 0.15) is 18.5 Å². The smallest absolute Gasteiger partial charge is 0.488 e. The van der Waals surface area contributed by atoms with Crippen molar-refractivity contribution in [3.63, 3.8) is 0 Å².